The van der Waals surface area contributed by atoms with Gasteiger partial charge in [0.2, 0.25) is 0 Å². The number of nitrogens with zero attached hydrogens (tertiary/aromatic N) is 1. The molecule has 0 aromatic carbocycles. The average Bonchev–Trinajstić information content (AvgIpc) is 2.65. The van der Waals surface area contributed by atoms with Crippen molar-refractivity contribution in [2.45, 2.75) is 6.92 Å². The van der Waals surface area contributed by atoms with Gasteiger partial charge in [-0.15, -0.1) is 11.3 Å². The lowest BCUT2D eigenvalue weighted by molar-refractivity contribution is -0.122. The minimum Gasteiger partial charge on any atom is -0.482 e. The molecule has 0 saturated heterocycles. The fourth-order valence-electron chi connectivity index (χ4n) is 1.08. The van der Waals surface area contributed by atoms with Gasteiger partial charge in [0.05, 0.1) is 6.07 Å². The average molecular weight is 254 g/mol. The molecule has 0 radical (unpaired) electrons. The Morgan fingerprint density at radius 2 is 2.35 bits per heavy atom. The van der Waals surface area contributed by atoms with Gasteiger partial charge in [-0.25, -0.2) is 4.79 Å². The molecule has 0 aliphatic carbocycles. The predicted octanol–water partition coefficient (Wildman–Crippen LogP) is 0.773. The molecule has 0 unspecified atom stereocenters. The number of nitriles is 1. The predicted molar refractivity (Wildman–Crippen MR) is 60.1 cm³/mol. The van der Waals surface area contributed by atoms with Crippen LogP contribution in [-0.2, 0) is 4.79 Å². The number of carbonyl (C=O) groups excluding carboxylic acids is 1. The van der Waals surface area contributed by atoms with Crippen LogP contribution in [0.2, 0.25) is 0 Å². The van der Waals surface area contributed by atoms with E-state index in [2.05, 4.69) is 5.32 Å². The lowest BCUT2D eigenvalue weighted by Crippen LogP contribution is -2.29. The summed E-state index contributed by atoms with van der Waals surface area (Å²) in [6.45, 7) is 1.34. The molecular weight excluding hydrogens is 244 g/mol. The van der Waals surface area contributed by atoms with Crippen LogP contribution < -0.4 is 10.1 Å². The molecule has 7 heteroatoms. The first-order valence-electron chi connectivity index (χ1n) is 4.64. The smallest absolute Gasteiger partial charge is 0.349 e. The number of thiophene rings is 1. The molecule has 0 atom stereocenters. The summed E-state index contributed by atoms with van der Waals surface area (Å²) in [5.41, 5.74) is 0. The molecule has 0 bridgehead atoms. The number of carboxylic acid groups (broad SMARTS) is 1. The van der Waals surface area contributed by atoms with E-state index in [1.54, 1.807) is 19.1 Å². The molecule has 17 heavy (non-hydrogen) atoms. The first-order chi connectivity index (χ1) is 8.04. The number of ether oxygens (including phenoxy) is 1. The summed E-state index contributed by atoms with van der Waals surface area (Å²) in [5, 5.41) is 19.4. The highest BCUT2D eigenvalue weighted by atomic mass is 32.1. The van der Waals surface area contributed by atoms with E-state index in [9.17, 15) is 9.59 Å². The van der Waals surface area contributed by atoms with Gasteiger partial charge in [0, 0.05) is 4.88 Å². The zero-order chi connectivity index (χ0) is 12.8. The number of aryl methyl sites for hydroxylation is 1. The van der Waals surface area contributed by atoms with Gasteiger partial charge in [-0.1, -0.05) is 0 Å². The van der Waals surface area contributed by atoms with Crippen LogP contribution in [0.3, 0.4) is 0 Å². The summed E-state index contributed by atoms with van der Waals surface area (Å²) in [5.74, 6) is -1.38. The van der Waals surface area contributed by atoms with E-state index in [0.717, 1.165) is 16.2 Å². The Balaban J connectivity index is 2.60. The summed E-state index contributed by atoms with van der Waals surface area (Å²) in [4.78, 5) is 22.8. The minimum absolute atomic E-state index is 0.0654. The second-order valence-electron chi connectivity index (χ2n) is 3.08. The van der Waals surface area contributed by atoms with Crippen molar-refractivity contribution in [3.8, 4) is 11.8 Å². The molecule has 1 aromatic rings. The van der Waals surface area contributed by atoms with Crippen LogP contribution >= 0.6 is 11.3 Å². The van der Waals surface area contributed by atoms with E-state index in [0.29, 0.717) is 0 Å². The molecule has 0 aliphatic rings. The van der Waals surface area contributed by atoms with Gasteiger partial charge in [-0.05, 0) is 13.0 Å². The highest BCUT2D eigenvalue weighted by Gasteiger charge is 2.16. The Labute approximate surface area is 101 Å². The Bertz CT molecular complexity index is 475. The van der Waals surface area contributed by atoms with Crippen LogP contribution in [0, 0.1) is 18.3 Å². The van der Waals surface area contributed by atoms with Crippen molar-refractivity contribution in [2.75, 3.05) is 13.2 Å². The number of amides is 1. The highest BCUT2D eigenvalue weighted by Crippen LogP contribution is 2.28. The molecule has 0 fully saturated rings. The van der Waals surface area contributed by atoms with Crippen molar-refractivity contribution in [3.05, 3.63) is 15.8 Å². The van der Waals surface area contributed by atoms with Crippen molar-refractivity contribution < 1.29 is 19.4 Å². The summed E-state index contributed by atoms with van der Waals surface area (Å²) in [6, 6.07) is 3.31. The molecule has 1 rings (SSSR count). The second-order valence-corrected chi connectivity index (χ2v) is 4.34. The van der Waals surface area contributed by atoms with Gasteiger partial charge in [0.1, 0.15) is 12.3 Å². The monoisotopic (exact) mass is 254 g/mol. The molecule has 6 nitrogen and oxygen atoms in total. The topological polar surface area (TPSA) is 99.4 Å². The van der Waals surface area contributed by atoms with Gasteiger partial charge in [-0.3, -0.25) is 4.79 Å². The minimum atomic E-state index is -1.09. The van der Waals surface area contributed by atoms with Crippen molar-refractivity contribution in [1.29, 1.82) is 5.26 Å². The Kier molecular flexibility index (Phi) is 4.48. The molecular formula is C10H10N2O4S. The highest BCUT2D eigenvalue weighted by molar-refractivity contribution is 7.14. The normalized spacial score (nSPS) is 9.41. The SMILES string of the molecule is Cc1cc(OCC(=O)NCC#N)c(C(=O)O)s1. The summed E-state index contributed by atoms with van der Waals surface area (Å²) >= 11 is 1.08. The largest absolute Gasteiger partial charge is 0.482 e. The third-order valence-corrected chi connectivity index (χ3v) is 2.76. The van der Waals surface area contributed by atoms with Crippen molar-refractivity contribution >= 4 is 23.2 Å². The molecule has 1 amide bonds. The molecule has 1 aromatic heterocycles. The number of carbonyl (C=O) groups is 2. The van der Waals surface area contributed by atoms with Crippen LogP contribution in [0.25, 0.3) is 0 Å². The molecule has 90 valence electrons. The van der Waals surface area contributed by atoms with Crippen LogP contribution in [0.5, 0.6) is 5.75 Å². The third kappa shape index (κ3) is 3.77. The summed E-state index contributed by atoms with van der Waals surface area (Å²) in [7, 11) is 0. The van der Waals surface area contributed by atoms with E-state index >= 15 is 0 Å². The van der Waals surface area contributed by atoms with E-state index in [1.165, 1.54) is 0 Å². The number of carboxylic acids is 1. The number of hydrogen-bond acceptors (Lipinski definition) is 5. The lowest BCUT2D eigenvalue weighted by Gasteiger charge is -2.04. The second kappa shape index (κ2) is 5.86. The molecule has 1 heterocycles. The first-order valence-corrected chi connectivity index (χ1v) is 5.46. The van der Waals surface area contributed by atoms with E-state index in [4.69, 9.17) is 15.1 Å². The van der Waals surface area contributed by atoms with Gasteiger partial charge < -0.3 is 15.2 Å². The lowest BCUT2D eigenvalue weighted by atomic mass is 10.4. The first kappa shape index (κ1) is 13.0. The zero-order valence-corrected chi connectivity index (χ0v) is 9.84. The van der Waals surface area contributed by atoms with Crippen molar-refractivity contribution in [2.24, 2.45) is 0 Å². The molecule has 2 N–H and O–H groups in total. The maximum absolute atomic E-state index is 11.1. The quantitative estimate of drug-likeness (QED) is 0.756. The summed E-state index contributed by atoms with van der Waals surface area (Å²) in [6.07, 6.45) is 0. The van der Waals surface area contributed by atoms with Gasteiger partial charge >= 0.3 is 5.97 Å². The molecule has 0 aliphatic heterocycles. The number of hydrogen-bond donors (Lipinski definition) is 2. The third-order valence-electron chi connectivity index (χ3n) is 1.74. The Hall–Kier alpha value is -2.07. The van der Waals surface area contributed by atoms with Crippen molar-refractivity contribution in [1.82, 2.24) is 5.32 Å². The Morgan fingerprint density at radius 3 is 2.94 bits per heavy atom. The van der Waals surface area contributed by atoms with E-state index in [-0.39, 0.29) is 23.8 Å². The van der Waals surface area contributed by atoms with Gasteiger partial charge in [-0.2, -0.15) is 5.26 Å². The molecule has 0 spiro atoms. The van der Waals surface area contributed by atoms with Crippen molar-refractivity contribution in [3.63, 3.8) is 0 Å². The van der Waals surface area contributed by atoms with Crippen LogP contribution in [0.15, 0.2) is 6.07 Å². The maximum Gasteiger partial charge on any atom is 0.349 e. The van der Waals surface area contributed by atoms with Crippen LogP contribution in [0.4, 0.5) is 0 Å². The zero-order valence-electron chi connectivity index (χ0n) is 9.02. The number of aromatic carboxylic acids is 1. The fraction of sp³-hybridized carbons (Fsp3) is 0.300. The van der Waals surface area contributed by atoms with Crippen LogP contribution in [0.1, 0.15) is 14.5 Å². The van der Waals surface area contributed by atoms with E-state index in [1.807, 2.05) is 0 Å². The standard InChI is InChI=1S/C10H10N2O4S/c1-6-4-7(9(17-6)10(14)15)16-5-8(13)12-3-2-11/h4H,3,5H2,1H3,(H,12,13)(H,14,15). The maximum atomic E-state index is 11.1. The summed E-state index contributed by atoms with van der Waals surface area (Å²) < 4.78 is 5.09. The van der Waals surface area contributed by atoms with E-state index < -0.39 is 11.9 Å². The number of nitrogens with one attached hydrogen (secondary N) is 1. The van der Waals surface area contributed by atoms with Gasteiger partial charge in [0.15, 0.2) is 11.5 Å². The van der Waals surface area contributed by atoms with Crippen LogP contribution in [-0.4, -0.2) is 30.1 Å². The molecule has 0 saturated carbocycles. The fourth-order valence-corrected chi connectivity index (χ4v) is 1.87. The van der Waals surface area contributed by atoms with Gasteiger partial charge in [0.25, 0.3) is 5.91 Å². The number of rotatable bonds is 5. The Morgan fingerprint density at radius 1 is 1.65 bits per heavy atom.